The van der Waals surface area contributed by atoms with Crippen LogP contribution in [0.2, 0.25) is 5.02 Å². The number of aryl methyl sites for hydroxylation is 1. The number of ether oxygens (including phenoxy) is 1. The zero-order valence-corrected chi connectivity index (χ0v) is 20.2. The highest BCUT2D eigenvalue weighted by Crippen LogP contribution is 2.37. The molecule has 0 amide bonds. The number of piperazine rings is 1. The number of nitrogens with zero attached hydrogens (tertiary/aromatic N) is 2. The van der Waals surface area contributed by atoms with Gasteiger partial charge in [-0.2, -0.15) is 0 Å². The molecule has 1 N–H and O–H groups in total. The molecular weight excluding hydrogens is 450 g/mol. The van der Waals surface area contributed by atoms with Crippen LogP contribution in [-0.2, 0) is 17.6 Å². The fourth-order valence-corrected chi connectivity index (χ4v) is 6.15. The van der Waals surface area contributed by atoms with E-state index in [4.69, 9.17) is 28.6 Å². The number of anilines is 2. The van der Waals surface area contributed by atoms with Gasteiger partial charge in [-0.1, -0.05) is 30.5 Å². The van der Waals surface area contributed by atoms with Crippen LogP contribution in [0.15, 0.2) is 24.3 Å². The van der Waals surface area contributed by atoms with Crippen molar-refractivity contribution < 1.29 is 9.53 Å². The van der Waals surface area contributed by atoms with Crippen LogP contribution in [0.4, 0.5) is 10.7 Å². The summed E-state index contributed by atoms with van der Waals surface area (Å²) in [4.78, 5) is 18.4. The summed E-state index contributed by atoms with van der Waals surface area (Å²) in [5.74, 6) is -0.269. The maximum atomic E-state index is 12.6. The van der Waals surface area contributed by atoms with Crippen LogP contribution in [0.25, 0.3) is 0 Å². The summed E-state index contributed by atoms with van der Waals surface area (Å²) in [6, 6.07) is 7.96. The Bertz CT molecular complexity index is 954. The second-order valence-electron chi connectivity index (χ2n) is 8.00. The number of rotatable bonds is 3. The number of carbonyl (C=O) groups excluding carboxylic acids is 1. The average molecular weight is 478 g/mol. The second-order valence-corrected chi connectivity index (χ2v) is 9.93. The summed E-state index contributed by atoms with van der Waals surface area (Å²) in [7, 11) is 1.45. The highest BCUT2D eigenvalue weighted by molar-refractivity contribution is 7.80. The van der Waals surface area contributed by atoms with Gasteiger partial charge in [-0.05, 0) is 61.7 Å². The number of fused-ring (bicyclic) bond motifs is 1. The van der Waals surface area contributed by atoms with Crippen molar-refractivity contribution in [2.24, 2.45) is 0 Å². The molecule has 0 spiro atoms. The standard InChI is InChI=1S/C23H28ClN3O2S2/c1-29-22(28)20-18-9-4-2-3-5-10-19(18)31-21(20)25-23(30)27-13-11-26(12-14-27)17-8-6-7-16(24)15-17/h6-8,15H,2-5,9-14H2,1H3,(H,25,30). The van der Waals surface area contributed by atoms with E-state index in [0.29, 0.717) is 10.7 Å². The Balaban J connectivity index is 1.46. The summed E-state index contributed by atoms with van der Waals surface area (Å²) in [6.45, 7) is 3.37. The summed E-state index contributed by atoms with van der Waals surface area (Å²) in [5, 5.41) is 5.65. The first-order valence-electron chi connectivity index (χ1n) is 10.9. The molecule has 2 aliphatic rings. The molecule has 0 bridgehead atoms. The summed E-state index contributed by atoms with van der Waals surface area (Å²) >= 11 is 13.6. The number of nitrogens with one attached hydrogen (secondary N) is 1. The van der Waals surface area contributed by atoms with Gasteiger partial charge in [0.15, 0.2) is 5.11 Å². The molecule has 2 aromatic rings. The first kappa shape index (κ1) is 22.4. The van der Waals surface area contributed by atoms with Gasteiger partial charge in [-0.25, -0.2) is 4.79 Å². The Morgan fingerprint density at radius 2 is 1.87 bits per heavy atom. The molecule has 1 aromatic heterocycles. The quantitative estimate of drug-likeness (QED) is 0.474. The fourth-order valence-electron chi connectivity index (χ4n) is 4.34. The molecule has 1 fully saturated rings. The molecule has 166 valence electrons. The molecule has 8 heteroatoms. The lowest BCUT2D eigenvalue weighted by molar-refractivity contribution is 0.0601. The highest BCUT2D eigenvalue weighted by atomic mass is 35.5. The van der Waals surface area contributed by atoms with E-state index >= 15 is 0 Å². The first-order valence-corrected chi connectivity index (χ1v) is 12.5. The van der Waals surface area contributed by atoms with Gasteiger partial charge in [0, 0.05) is 41.8 Å². The Labute approximate surface area is 198 Å². The minimum absolute atomic E-state index is 0.269. The van der Waals surface area contributed by atoms with Gasteiger partial charge in [0.1, 0.15) is 5.00 Å². The number of benzene rings is 1. The molecule has 0 atom stereocenters. The van der Waals surface area contributed by atoms with Gasteiger partial charge in [0.05, 0.1) is 12.7 Å². The second kappa shape index (κ2) is 10.2. The Morgan fingerprint density at radius 1 is 1.13 bits per heavy atom. The predicted molar refractivity (Wildman–Crippen MR) is 133 cm³/mol. The van der Waals surface area contributed by atoms with E-state index in [1.54, 1.807) is 11.3 Å². The Kier molecular flexibility index (Phi) is 7.35. The summed E-state index contributed by atoms with van der Waals surface area (Å²) in [6.07, 6.45) is 6.71. The van der Waals surface area contributed by atoms with Crippen LogP contribution in [0.3, 0.4) is 0 Å². The topological polar surface area (TPSA) is 44.8 Å². The van der Waals surface area contributed by atoms with E-state index in [2.05, 4.69) is 21.2 Å². The maximum absolute atomic E-state index is 12.6. The van der Waals surface area contributed by atoms with E-state index in [9.17, 15) is 4.79 Å². The van der Waals surface area contributed by atoms with Crippen molar-refractivity contribution in [2.45, 2.75) is 38.5 Å². The van der Waals surface area contributed by atoms with E-state index in [0.717, 1.165) is 66.7 Å². The Hall–Kier alpha value is -1.83. The minimum atomic E-state index is -0.269. The minimum Gasteiger partial charge on any atom is -0.465 e. The van der Waals surface area contributed by atoms with Gasteiger partial charge in [-0.3, -0.25) is 0 Å². The number of hydrogen-bond acceptors (Lipinski definition) is 5. The van der Waals surface area contributed by atoms with Gasteiger partial charge in [-0.15, -0.1) is 11.3 Å². The molecule has 0 unspecified atom stereocenters. The van der Waals surface area contributed by atoms with Gasteiger partial charge in [0.25, 0.3) is 0 Å². The van der Waals surface area contributed by atoms with E-state index in [1.165, 1.54) is 31.2 Å². The molecule has 0 radical (unpaired) electrons. The van der Waals surface area contributed by atoms with Crippen LogP contribution in [-0.4, -0.2) is 49.3 Å². The third-order valence-electron chi connectivity index (χ3n) is 6.02. The lowest BCUT2D eigenvalue weighted by Gasteiger charge is -2.37. The number of methoxy groups -OCH3 is 1. The lowest BCUT2D eigenvalue weighted by atomic mass is 9.96. The van der Waals surface area contributed by atoms with Crippen molar-refractivity contribution >= 4 is 56.9 Å². The average Bonchev–Trinajstić information content (AvgIpc) is 3.09. The molecule has 31 heavy (non-hydrogen) atoms. The maximum Gasteiger partial charge on any atom is 0.341 e. The molecular formula is C23H28ClN3O2S2. The van der Waals surface area contributed by atoms with Gasteiger partial charge >= 0.3 is 5.97 Å². The number of carbonyl (C=O) groups is 1. The lowest BCUT2D eigenvalue weighted by Crippen LogP contribution is -2.50. The van der Waals surface area contributed by atoms with Crippen molar-refractivity contribution in [3.8, 4) is 0 Å². The van der Waals surface area contributed by atoms with Crippen LogP contribution in [0, 0.1) is 0 Å². The first-order chi connectivity index (χ1) is 15.1. The molecule has 0 saturated carbocycles. The molecule has 1 aliphatic heterocycles. The summed E-state index contributed by atoms with van der Waals surface area (Å²) in [5.41, 5.74) is 2.98. The number of thiophene rings is 1. The highest BCUT2D eigenvalue weighted by Gasteiger charge is 2.27. The number of thiocarbonyl (C=S) groups is 1. The van der Waals surface area contributed by atoms with Crippen LogP contribution >= 0.6 is 35.2 Å². The monoisotopic (exact) mass is 477 g/mol. The largest absolute Gasteiger partial charge is 0.465 e. The predicted octanol–water partition coefficient (Wildman–Crippen LogP) is 5.37. The van der Waals surface area contributed by atoms with Crippen LogP contribution in [0.5, 0.6) is 0 Å². The third kappa shape index (κ3) is 5.16. The van der Waals surface area contributed by atoms with Crippen LogP contribution in [0.1, 0.15) is 46.5 Å². The number of halogens is 1. The van der Waals surface area contributed by atoms with Crippen molar-refractivity contribution in [3.05, 3.63) is 45.3 Å². The van der Waals surface area contributed by atoms with Gasteiger partial charge < -0.3 is 19.9 Å². The van der Waals surface area contributed by atoms with Crippen LogP contribution < -0.4 is 10.2 Å². The van der Waals surface area contributed by atoms with E-state index in [-0.39, 0.29) is 5.97 Å². The zero-order chi connectivity index (χ0) is 21.8. The van der Waals surface area contributed by atoms with E-state index in [1.807, 2.05) is 18.2 Å². The number of hydrogen-bond donors (Lipinski definition) is 1. The SMILES string of the molecule is COC(=O)c1c(NC(=S)N2CCN(c3cccc(Cl)c3)CC2)sc2c1CCCCCC2. The van der Waals surface area contributed by atoms with Crippen molar-refractivity contribution in [3.63, 3.8) is 0 Å². The Morgan fingerprint density at radius 3 is 2.58 bits per heavy atom. The molecule has 2 heterocycles. The number of esters is 1. The van der Waals surface area contributed by atoms with Gasteiger partial charge in [0.2, 0.25) is 0 Å². The normalized spacial score (nSPS) is 16.8. The van der Waals surface area contributed by atoms with Crippen molar-refractivity contribution in [1.82, 2.24) is 4.90 Å². The molecule has 1 aliphatic carbocycles. The van der Waals surface area contributed by atoms with E-state index < -0.39 is 0 Å². The summed E-state index contributed by atoms with van der Waals surface area (Å²) < 4.78 is 5.13. The molecule has 5 nitrogen and oxygen atoms in total. The third-order valence-corrected chi connectivity index (χ3v) is 7.82. The van der Waals surface area contributed by atoms with Crippen molar-refractivity contribution in [2.75, 3.05) is 43.5 Å². The molecule has 1 aromatic carbocycles. The fraction of sp³-hybridized carbons (Fsp3) is 0.478. The molecule has 1 saturated heterocycles. The molecule has 4 rings (SSSR count). The zero-order valence-electron chi connectivity index (χ0n) is 17.8. The van der Waals surface area contributed by atoms with Crippen molar-refractivity contribution in [1.29, 1.82) is 0 Å². The smallest absolute Gasteiger partial charge is 0.341 e.